The molecular formula is C13H13N2O4-. The number of benzene rings is 1. The second-order valence-electron chi connectivity index (χ2n) is 4.35. The molecule has 0 N–H and O–H groups in total. The Kier molecular flexibility index (Phi) is 3.79. The van der Waals surface area contributed by atoms with Crippen LogP contribution >= 0.6 is 0 Å². The highest BCUT2D eigenvalue weighted by Crippen LogP contribution is 2.31. The predicted octanol–water partition coefficient (Wildman–Crippen LogP) is 0.958. The third-order valence-corrected chi connectivity index (χ3v) is 3.05. The van der Waals surface area contributed by atoms with E-state index in [2.05, 4.69) is 0 Å². The number of carbonyl (C=O) groups is 1. The molecule has 0 amide bonds. The summed E-state index contributed by atoms with van der Waals surface area (Å²) in [6.07, 6.45) is 4.21. The van der Waals surface area contributed by atoms with Crippen LogP contribution in [0, 0.1) is 10.1 Å². The first-order chi connectivity index (χ1) is 9.08. The van der Waals surface area contributed by atoms with Crippen LogP contribution in [0.3, 0.4) is 0 Å². The number of rotatable bonds is 4. The average Bonchev–Trinajstić information content (AvgIpc) is 2.89. The lowest BCUT2D eigenvalue weighted by Crippen LogP contribution is -2.19. The Labute approximate surface area is 110 Å². The third-order valence-electron chi connectivity index (χ3n) is 3.05. The van der Waals surface area contributed by atoms with E-state index in [-0.39, 0.29) is 5.69 Å². The highest BCUT2D eigenvalue weighted by Gasteiger charge is 2.21. The molecule has 0 unspecified atom stereocenters. The Morgan fingerprint density at radius 2 is 2.00 bits per heavy atom. The van der Waals surface area contributed by atoms with Gasteiger partial charge in [-0.15, -0.1) is 0 Å². The Bertz CT molecular complexity index is 533. The molecule has 1 aromatic carbocycles. The second-order valence-corrected chi connectivity index (χ2v) is 4.35. The van der Waals surface area contributed by atoms with Gasteiger partial charge in [0.1, 0.15) is 5.69 Å². The van der Waals surface area contributed by atoms with Crippen LogP contribution in [0.1, 0.15) is 18.4 Å². The second kappa shape index (κ2) is 5.51. The van der Waals surface area contributed by atoms with Crippen LogP contribution in [-0.4, -0.2) is 24.0 Å². The highest BCUT2D eigenvalue weighted by atomic mass is 16.6. The van der Waals surface area contributed by atoms with E-state index in [1.807, 2.05) is 4.90 Å². The van der Waals surface area contributed by atoms with Gasteiger partial charge in [-0.3, -0.25) is 10.1 Å². The summed E-state index contributed by atoms with van der Waals surface area (Å²) in [5, 5.41) is 21.4. The molecule has 19 heavy (non-hydrogen) atoms. The summed E-state index contributed by atoms with van der Waals surface area (Å²) in [6.45, 7) is 1.63. The summed E-state index contributed by atoms with van der Waals surface area (Å²) < 4.78 is 0. The van der Waals surface area contributed by atoms with Gasteiger partial charge < -0.3 is 14.8 Å². The van der Waals surface area contributed by atoms with Crippen molar-refractivity contribution in [2.24, 2.45) is 0 Å². The number of hydrogen-bond acceptors (Lipinski definition) is 5. The van der Waals surface area contributed by atoms with Crippen LogP contribution in [0.2, 0.25) is 0 Å². The SMILES string of the molecule is O=C([O-])/C=C/c1ccc(N2CCCC2)c([N+](=O)[O-])c1. The Hall–Kier alpha value is -2.37. The number of carboxylic acids is 1. The van der Waals surface area contributed by atoms with Gasteiger partial charge in [-0.05, 0) is 30.5 Å². The number of carbonyl (C=O) groups excluding carboxylic acids is 1. The maximum Gasteiger partial charge on any atom is 0.293 e. The number of carboxylic acid groups (broad SMARTS) is 1. The van der Waals surface area contributed by atoms with Gasteiger partial charge in [-0.1, -0.05) is 12.1 Å². The minimum absolute atomic E-state index is 0.00222. The van der Waals surface area contributed by atoms with Crippen molar-refractivity contribution in [1.82, 2.24) is 0 Å². The van der Waals surface area contributed by atoms with Crippen molar-refractivity contribution >= 4 is 23.4 Å². The number of hydrogen-bond donors (Lipinski definition) is 0. The van der Waals surface area contributed by atoms with E-state index in [1.54, 1.807) is 12.1 Å². The van der Waals surface area contributed by atoms with Gasteiger partial charge in [0.2, 0.25) is 0 Å². The molecule has 0 atom stereocenters. The number of nitro benzene ring substituents is 1. The van der Waals surface area contributed by atoms with Gasteiger partial charge in [0.25, 0.3) is 5.69 Å². The van der Waals surface area contributed by atoms with Crippen molar-refractivity contribution < 1.29 is 14.8 Å². The summed E-state index contributed by atoms with van der Waals surface area (Å²) in [7, 11) is 0. The highest BCUT2D eigenvalue weighted by molar-refractivity contribution is 5.84. The van der Waals surface area contributed by atoms with Gasteiger partial charge in [0, 0.05) is 19.2 Å². The molecule has 2 rings (SSSR count). The summed E-state index contributed by atoms with van der Waals surface area (Å²) in [5.74, 6) is -1.33. The zero-order valence-electron chi connectivity index (χ0n) is 10.2. The molecule has 0 saturated carbocycles. The van der Waals surface area contributed by atoms with Gasteiger partial charge >= 0.3 is 0 Å². The maximum absolute atomic E-state index is 11.1. The van der Waals surface area contributed by atoms with Crippen molar-refractivity contribution in [3.05, 3.63) is 40.0 Å². The van der Waals surface area contributed by atoms with Gasteiger partial charge in [-0.2, -0.15) is 0 Å². The smallest absolute Gasteiger partial charge is 0.293 e. The van der Waals surface area contributed by atoms with Crippen LogP contribution in [-0.2, 0) is 4.79 Å². The minimum Gasteiger partial charge on any atom is -0.545 e. The fourth-order valence-electron chi connectivity index (χ4n) is 2.18. The summed E-state index contributed by atoms with van der Waals surface area (Å²) in [6, 6.07) is 4.71. The molecule has 0 aromatic heterocycles. The fraction of sp³-hybridized carbons (Fsp3) is 0.308. The first-order valence-electron chi connectivity index (χ1n) is 6.00. The van der Waals surface area contributed by atoms with Crippen LogP contribution < -0.4 is 10.0 Å². The van der Waals surface area contributed by atoms with E-state index >= 15 is 0 Å². The first-order valence-corrected chi connectivity index (χ1v) is 6.00. The van der Waals surface area contributed by atoms with Crippen molar-refractivity contribution in [2.45, 2.75) is 12.8 Å². The van der Waals surface area contributed by atoms with E-state index in [4.69, 9.17) is 0 Å². The molecule has 100 valence electrons. The zero-order valence-corrected chi connectivity index (χ0v) is 10.2. The molecule has 1 aliphatic rings. The maximum atomic E-state index is 11.1. The summed E-state index contributed by atoms with van der Waals surface area (Å²) >= 11 is 0. The molecule has 1 saturated heterocycles. The monoisotopic (exact) mass is 261 g/mol. The Morgan fingerprint density at radius 3 is 2.58 bits per heavy atom. The summed E-state index contributed by atoms with van der Waals surface area (Å²) in [4.78, 5) is 23.0. The number of aliphatic carboxylic acids is 1. The minimum atomic E-state index is -1.33. The predicted molar refractivity (Wildman–Crippen MR) is 68.6 cm³/mol. The fourth-order valence-corrected chi connectivity index (χ4v) is 2.18. The molecule has 1 heterocycles. The molecule has 6 nitrogen and oxygen atoms in total. The third kappa shape index (κ3) is 3.09. The molecule has 1 aliphatic heterocycles. The lowest BCUT2D eigenvalue weighted by molar-refractivity contribution is -0.384. The molecule has 0 radical (unpaired) electrons. The number of nitro groups is 1. The van der Waals surface area contributed by atoms with Crippen LogP contribution in [0.15, 0.2) is 24.3 Å². The van der Waals surface area contributed by atoms with E-state index < -0.39 is 10.9 Å². The average molecular weight is 261 g/mol. The first kappa shape index (κ1) is 13.1. The number of nitrogens with zero attached hydrogens (tertiary/aromatic N) is 2. The van der Waals surface area contributed by atoms with E-state index in [1.165, 1.54) is 12.1 Å². The normalized spacial score (nSPS) is 15.1. The standard InChI is InChI=1S/C13H14N2O4/c16-13(17)6-4-10-3-5-11(12(9-10)15(18)19)14-7-1-2-8-14/h3-6,9H,1-2,7-8H2,(H,16,17)/p-1/b6-4+. The number of anilines is 1. The van der Waals surface area contributed by atoms with E-state index in [9.17, 15) is 20.0 Å². The molecule has 0 spiro atoms. The molecule has 0 aliphatic carbocycles. The van der Waals surface area contributed by atoms with E-state index in [0.717, 1.165) is 32.0 Å². The Balaban J connectivity index is 2.34. The van der Waals surface area contributed by atoms with Crippen molar-refractivity contribution in [3.8, 4) is 0 Å². The van der Waals surface area contributed by atoms with Crippen LogP contribution in [0.4, 0.5) is 11.4 Å². The lowest BCUT2D eigenvalue weighted by Gasteiger charge is -2.17. The zero-order chi connectivity index (χ0) is 13.8. The Morgan fingerprint density at radius 1 is 1.32 bits per heavy atom. The lowest BCUT2D eigenvalue weighted by atomic mass is 10.1. The van der Waals surface area contributed by atoms with Gasteiger partial charge in [0.05, 0.1) is 10.9 Å². The van der Waals surface area contributed by atoms with Crippen molar-refractivity contribution in [2.75, 3.05) is 18.0 Å². The molecule has 1 aromatic rings. The van der Waals surface area contributed by atoms with Gasteiger partial charge in [-0.25, -0.2) is 0 Å². The molecular weight excluding hydrogens is 248 g/mol. The molecule has 6 heteroatoms. The summed E-state index contributed by atoms with van der Waals surface area (Å²) in [5.41, 5.74) is 1.06. The van der Waals surface area contributed by atoms with Crippen molar-refractivity contribution in [3.63, 3.8) is 0 Å². The largest absolute Gasteiger partial charge is 0.545 e. The van der Waals surface area contributed by atoms with Crippen molar-refractivity contribution in [1.29, 1.82) is 0 Å². The van der Waals surface area contributed by atoms with Gasteiger partial charge in [0.15, 0.2) is 0 Å². The molecule has 1 fully saturated rings. The quantitative estimate of drug-likeness (QED) is 0.457. The van der Waals surface area contributed by atoms with Crippen LogP contribution in [0.5, 0.6) is 0 Å². The van der Waals surface area contributed by atoms with E-state index in [0.29, 0.717) is 11.3 Å². The topological polar surface area (TPSA) is 86.5 Å². The van der Waals surface area contributed by atoms with Crippen LogP contribution in [0.25, 0.3) is 6.08 Å². The molecule has 0 bridgehead atoms.